The van der Waals surface area contributed by atoms with E-state index in [0.29, 0.717) is 12.1 Å². The first kappa shape index (κ1) is 13.7. The zero-order valence-corrected chi connectivity index (χ0v) is 11.6. The van der Waals surface area contributed by atoms with Gasteiger partial charge in [0.1, 0.15) is 0 Å². The average Bonchev–Trinajstić information content (AvgIpc) is 2.26. The number of nitrogens with zero attached hydrogens (tertiary/aromatic N) is 1. The van der Waals surface area contributed by atoms with E-state index in [1.165, 1.54) is 18.5 Å². The lowest BCUT2D eigenvalue weighted by Crippen LogP contribution is -2.57. The Morgan fingerprint density at radius 3 is 2.75 bits per heavy atom. The predicted molar refractivity (Wildman–Crippen MR) is 71.7 cm³/mol. The molecule has 0 saturated carbocycles. The summed E-state index contributed by atoms with van der Waals surface area (Å²) < 4.78 is 0. The van der Waals surface area contributed by atoms with Gasteiger partial charge in [0, 0.05) is 31.7 Å². The van der Waals surface area contributed by atoms with E-state index in [0.717, 1.165) is 19.0 Å². The van der Waals surface area contributed by atoms with Crippen molar-refractivity contribution in [2.45, 2.75) is 53.1 Å². The molecule has 2 heteroatoms. The number of piperazine rings is 1. The SMILES string of the molecule is CCC(C)C1CN(CC=C(C)C)C(C)CN1. The number of allylic oxidation sites excluding steroid dienone is 1. The van der Waals surface area contributed by atoms with Gasteiger partial charge in [0.15, 0.2) is 0 Å². The Morgan fingerprint density at radius 2 is 2.19 bits per heavy atom. The Kier molecular flexibility index (Phi) is 5.50. The molecule has 0 radical (unpaired) electrons. The first-order valence-corrected chi connectivity index (χ1v) is 6.65. The maximum atomic E-state index is 3.67. The average molecular weight is 224 g/mol. The van der Waals surface area contributed by atoms with Crippen LogP contribution in [0.4, 0.5) is 0 Å². The van der Waals surface area contributed by atoms with Gasteiger partial charge in [0.2, 0.25) is 0 Å². The fraction of sp³-hybridized carbons (Fsp3) is 0.857. The third-order valence-electron chi connectivity index (χ3n) is 3.79. The van der Waals surface area contributed by atoms with E-state index >= 15 is 0 Å². The highest BCUT2D eigenvalue weighted by Gasteiger charge is 2.26. The molecule has 1 aliphatic heterocycles. The number of nitrogens with one attached hydrogen (secondary N) is 1. The molecule has 0 aromatic heterocycles. The Morgan fingerprint density at radius 1 is 1.50 bits per heavy atom. The lowest BCUT2D eigenvalue weighted by Gasteiger charge is -2.40. The quantitative estimate of drug-likeness (QED) is 0.739. The standard InChI is InChI=1S/C14H28N2/c1-6-12(4)14-10-16(8-7-11(2)3)13(5)9-15-14/h7,12-15H,6,8-10H2,1-5H3. The molecule has 0 aliphatic carbocycles. The van der Waals surface area contributed by atoms with Crippen LogP contribution in [0.15, 0.2) is 11.6 Å². The second kappa shape index (κ2) is 6.41. The van der Waals surface area contributed by atoms with Gasteiger partial charge in [-0.15, -0.1) is 0 Å². The lowest BCUT2D eigenvalue weighted by molar-refractivity contribution is 0.131. The molecule has 0 spiro atoms. The van der Waals surface area contributed by atoms with Crippen molar-refractivity contribution in [1.29, 1.82) is 0 Å². The summed E-state index contributed by atoms with van der Waals surface area (Å²) in [5, 5.41) is 3.67. The number of hydrogen-bond donors (Lipinski definition) is 1. The Labute approximate surface area is 101 Å². The van der Waals surface area contributed by atoms with Crippen molar-refractivity contribution in [3.05, 3.63) is 11.6 Å². The molecule has 3 atom stereocenters. The van der Waals surface area contributed by atoms with Crippen LogP contribution < -0.4 is 5.32 Å². The van der Waals surface area contributed by atoms with Crippen LogP contribution in [0.3, 0.4) is 0 Å². The van der Waals surface area contributed by atoms with Gasteiger partial charge in [-0.1, -0.05) is 31.9 Å². The third-order valence-corrected chi connectivity index (χ3v) is 3.79. The fourth-order valence-corrected chi connectivity index (χ4v) is 2.17. The molecule has 0 amide bonds. The smallest absolute Gasteiger partial charge is 0.0221 e. The summed E-state index contributed by atoms with van der Waals surface area (Å²) in [5.74, 6) is 0.779. The summed E-state index contributed by atoms with van der Waals surface area (Å²) in [7, 11) is 0. The van der Waals surface area contributed by atoms with Gasteiger partial charge in [-0.25, -0.2) is 0 Å². The molecule has 1 rings (SSSR count). The summed E-state index contributed by atoms with van der Waals surface area (Å²) in [6, 6.07) is 1.34. The normalized spacial score (nSPS) is 28.8. The van der Waals surface area contributed by atoms with E-state index in [2.05, 4.69) is 50.9 Å². The molecule has 16 heavy (non-hydrogen) atoms. The van der Waals surface area contributed by atoms with Crippen molar-refractivity contribution in [3.8, 4) is 0 Å². The van der Waals surface area contributed by atoms with Gasteiger partial charge in [-0.2, -0.15) is 0 Å². The Bertz CT molecular complexity index is 231. The summed E-state index contributed by atoms with van der Waals surface area (Å²) >= 11 is 0. The first-order valence-electron chi connectivity index (χ1n) is 6.65. The van der Waals surface area contributed by atoms with E-state index in [1.54, 1.807) is 0 Å². The summed E-state index contributed by atoms with van der Waals surface area (Å²) in [6.07, 6.45) is 3.61. The molecule has 94 valence electrons. The monoisotopic (exact) mass is 224 g/mol. The second-order valence-electron chi connectivity index (χ2n) is 5.48. The van der Waals surface area contributed by atoms with Crippen molar-refractivity contribution in [2.75, 3.05) is 19.6 Å². The first-order chi connectivity index (χ1) is 7.54. The van der Waals surface area contributed by atoms with Crippen LogP contribution >= 0.6 is 0 Å². The van der Waals surface area contributed by atoms with E-state index in [4.69, 9.17) is 0 Å². The summed E-state index contributed by atoms with van der Waals surface area (Å²) in [5.41, 5.74) is 1.42. The van der Waals surface area contributed by atoms with Gasteiger partial charge in [-0.3, -0.25) is 4.90 Å². The van der Waals surface area contributed by atoms with E-state index in [-0.39, 0.29) is 0 Å². The van der Waals surface area contributed by atoms with Gasteiger partial charge < -0.3 is 5.32 Å². The molecular formula is C14H28N2. The highest BCUT2D eigenvalue weighted by atomic mass is 15.2. The molecule has 3 unspecified atom stereocenters. The van der Waals surface area contributed by atoms with Crippen LogP contribution in [0.25, 0.3) is 0 Å². The summed E-state index contributed by atoms with van der Waals surface area (Å²) in [4.78, 5) is 2.60. The molecule has 0 bridgehead atoms. The Balaban J connectivity index is 2.51. The molecule has 0 aromatic rings. The minimum Gasteiger partial charge on any atom is -0.311 e. The van der Waals surface area contributed by atoms with E-state index < -0.39 is 0 Å². The molecule has 1 saturated heterocycles. The van der Waals surface area contributed by atoms with E-state index in [9.17, 15) is 0 Å². The van der Waals surface area contributed by atoms with Crippen LogP contribution in [0.1, 0.15) is 41.0 Å². The Hall–Kier alpha value is -0.340. The van der Waals surface area contributed by atoms with Gasteiger partial charge >= 0.3 is 0 Å². The zero-order chi connectivity index (χ0) is 12.1. The van der Waals surface area contributed by atoms with Crippen molar-refractivity contribution in [3.63, 3.8) is 0 Å². The molecule has 0 aromatic carbocycles. The molecular weight excluding hydrogens is 196 g/mol. The van der Waals surface area contributed by atoms with Crippen LogP contribution in [-0.2, 0) is 0 Å². The lowest BCUT2D eigenvalue weighted by atomic mass is 9.95. The van der Waals surface area contributed by atoms with Crippen molar-refractivity contribution >= 4 is 0 Å². The third kappa shape index (κ3) is 3.91. The van der Waals surface area contributed by atoms with Gasteiger partial charge in [0.05, 0.1) is 0 Å². The molecule has 1 heterocycles. The van der Waals surface area contributed by atoms with Gasteiger partial charge in [-0.05, 0) is 26.7 Å². The maximum Gasteiger partial charge on any atom is 0.0221 e. The van der Waals surface area contributed by atoms with Crippen LogP contribution in [0, 0.1) is 5.92 Å². The minimum absolute atomic E-state index is 0.663. The molecule has 1 fully saturated rings. The topological polar surface area (TPSA) is 15.3 Å². The summed E-state index contributed by atoms with van der Waals surface area (Å²) in [6.45, 7) is 14.7. The van der Waals surface area contributed by atoms with Crippen LogP contribution in [-0.4, -0.2) is 36.6 Å². The fourth-order valence-electron chi connectivity index (χ4n) is 2.17. The molecule has 2 nitrogen and oxygen atoms in total. The number of hydrogen-bond acceptors (Lipinski definition) is 2. The maximum absolute atomic E-state index is 3.67. The highest BCUT2D eigenvalue weighted by Crippen LogP contribution is 2.15. The molecule has 1 aliphatic rings. The zero-order valence-electron chi connectivity index (χ0n) is 11.6. The van der Waals surface area contributed by atoms with Gasteiger partial charge in [0.25, 0.3) is 0 Å². The minimum atomic E-state index is 0.663. The van der Waals surface area contributed by atoms with Crippen LogP contribution in [0.5, 0.6) is 0 Å². The number of rotatable bonds is 4. The van der Waals surface area contributed by atoms with E-state index in [1.807, 2.05) is 0 Å². The van der Waals surface area contributed by atoms with Crippen molar-refractivity contribution in [2.24, 2.45) is 5.92 Å². The molecule has 1 N–H and O–H groups in total. The van der Waals surface area contributed by atoms with Crippen molar-refractivity contribution < 1.29 is 0 Å². The largest absolute Gasteiger partial charge is 0.311 e. The van der Waals surface area contributed by atoms with Crippen molar-refractivity contribution in [1.82, 2.24) is 10.2 Å². The highest BCUT2D eigenvalue weighted by molar-refractivity contribution is 4.97. The second-order valence-corrected chi connectivity index (χ2v) is 5.48. The predicted octanol–water partition coefficient (Wildman–Crippen LogP) is 2.66. The van der Waals surface area contributed by atoms with Crippen LogP contribution in [0.2, 0.25) is 0 Å².